The van der Waals surface area contributed by atoms with Crippen LogP contribution in [0.1, 0.15) is 12.5 Å². The van der Waals surface area contributed by atoms with Crippen molar-refractivity contribution in [3.8, 4) is 0 Å². The number of aryl methyl sites for hydroxylation is 1. The van der Waals surface area contributed by atoms with Gasteiger partial charge in [0, 0.05) is 12.7 Å². The van der Waals surface area contributed by atoms with Gasteiger partial charge >= 0.3 is 5.97 Å². The molecular formula is C13H15FO2S. The molecule has 4 heteroatoms. The summed E-state index contributed by atoms with van der Waals surface area (Å²) in [6, 6.07) is 9.91. The fourth-order valence-corrected chi connectivity index (χ4v) is 1.91. The lowest BCUT2D eigenvalue weighted by atomic mass is 10.2. The molecule has 0 heterocycles. The molecule has 0 aromatic heterocycles. The highest BCUT2D eigenvalue weighted by atomic mass is 32.2. The molecule has 0 aliphatic rings. The molecule has 17 heavy (non-hydrogen) atoms. The average molecular weight is 254 g/mol. The minimum Gasteiger partial charge on any atom is -0.462 e. The number of esters is 1. The van der Waals surface area contributed by atoms with Crippen LogP contribution in [-0.2, 0) is 16.0 Å². The van der Waals surface area contributed by atoms with Crippen molar-refractivity contribution in [2.75, 3.05) is 12.4 Å². The SMILES string of the molecule is CC(=O)OC/C=C(/F)SCCc1ccccc1. The number of carbonyl (C=O) groups excluding carboxylic acids is 1. The maximum absolute atomic E-state index is 13.2. The van der Waals surface area contributed by atoms with Crippen LogP contribution in [0.25, 0.3) is 0 Å². The second-order valence-corrected chi connectivity index (χ2v) is 4.48. The summed E-state index contributed by atoms with van der Waals surface area (Å²) in [4.78, 5) is 10.4. The number of hydrogen-bond donors (Lipinski definition) is 0. The second-order valence-electron chi connectivity index (χ2n) is 3.39. The second kappa shape index (κ2) is 7.90. The van der Waals surface area contributed by atoms with E-state index in [1.165, 1.54) is 18.6 Å². The van der Waals surface area contributed by atoms with Gasteiger partial charge in [0.25, 0.3) is 0 Å². The summed E-state index contributed by atoms with van der Waals surface area (Å²) in [5, 5.41) is -0.304. The fraction of sp³-hybridized carbons (Fsp3) is 0.308. The summed E-state index contributed by atoms with van der Waals surface area (Å²) in [7, 11) is 0. The van der Waals surface area contributed by atoms with Crippen LogP contribution in [0.3, 0.4) is 0 Å². The zero-order valence-corrected chi connectivity index (χ0v) is 10.5. The standard InChI is InChI=1S/C13H15FO2S/c1-11(15)16-9-7-13(14)17-10-8-12-5-3-2-4-6-12/h2-7H,8-10H2,1H3/b13-7-. The molecule has 0 radical (unpaired) electrons. The molecule has 1 aromatic carbocycles. The minimum absolute atomic E-state index is 0.000492. The Bertz CT molecular complexity index is 376. The molecule has 0 unspecified atom stereocenters. The summed E-state index contributed by atoms with van der Waals surface area (Å²) >= 11 is 1.13. The molecular weight excluding hydrogens is 239 g/mol. The van der Waals surface area contributed by atoms with E-state index in [0.717, 1.165) is 18.2 Å². The van der Waals surface area contributed by atoms with Crippen molar-refractivity contribution in [2.45, 2.75) is 13.3 Å². The zero-order chi connectivity index (χ0) is 12.5. The third-order valence-corrected chi connectivity index (χ3v) is 2.85. The highest BCUT2D eigenvalue weighted by molar-refractivity contribution is 8.02. The molecule has 92 valence electrons. The van der Waals surface area contributed by atoms with Crippen LogP contribution in [0, 0.1) is 0 Å². The molecule has 0 bridgehead atoms. The van der Waals surface area contributed by atoms with Crippen molar-refractivity contribution in [3.63, 3.8) is 0 Å². The third-order valence-electron chi connectivity index (χ3n) is 2.00. The highest BCUT2D eigenvalue weighted by Crippen LogP contribution is 2.18. The summed E-state index contributed by atoms with van der Waals surface area (Å²) in [5.41, 5.74) is 1.19. The molecule has 1 rings (SSSR count). The van der Waals surface area contributed by atoms with Crippen molar-refractivity contribution < 1.29 is 13.9 Å². The van der Waals surface area contributed by atoms with Gasteiger partial charge in [0.1, 0.15) is 6.61 Å². The first-order valence-electron chi connectivity index (χ1n) is 5.34. The largest absolute Gasteiger partial charge is 0.462 e. The first-order chi connectivity index (χ1) is 8.18. The van der Waals surface area contributed by atoms with Gasteiger partial charge in [-0.3, -0.25) is 4.79 Å². The summed E-state index contributed by atoms with van der Waals surface area (Å²) < 4.78 is 17.8. The van der Waals surface area contributed by atoms with Gasteiger partial charge in [-0.1, -0.05) is 42.1 Å². The van der Waals surface area contributed by atoms with Crippen LogP contribution >= 0.6 is 11.8 Å². The first-order valence-corrected chi connectivity index (χ1v) is 6.33. The van der Waals surface area contributed by atoms with E-state index in [0.29, 0.717) is 5.75 Å². The predicted octanol–water partition coefficient (Wildman–Crippen LogP) is 3.34. The molecule has 0 fully saturated rings. The molecule has 0 saturated heterocycles. The van der Waals surface area contributed by atoms with Gasteiger partial charge < -0.3 is 4.74 Å². The van der Waals surface area contributed by atoms with Crippen LogP contribution in [-0.4, -0.2) is 18.3 Å². The smallest absolute Gasteiger partial charge is 0.302 e. The van der Waals surface area contributed by atoms with Gasteiger partial charge in [-0.05, 0) is 18.1 Å². The van der Waals surface area contributed by atoms with Gasteiger partial charge in [-0.25, -0.2) is 0 Å². The van der Waals surface area contributed by atoms with Crippen LogP contribution in [0.15, 0.2) is 41.6 Å². The Balaban J connectivity index is 2.20. The summed E-state index contributed by atoms with van der Waals surface area (Å²) in [6.45, 7) is 1.30. The Labute approximate surface area is 105 Å². The molecule has 0 amide bonds. The van der Waals surface area contributed by atoms with Crippen LogP contribution < -0.4 is 0 Å². The molecule has 1 aromatic rings. The van der Waals surface area contributed by atoms with E-state index in [9.17, 15) is 9.18 Å². The summed E-state index contributed by atoms with van der Waals surface area (Å²) in [5.74, 6) is 0.273. The van der Waals surface area contributed by atoms with E-state index in [1.54, 1.807) is 0 Å². The number of hydrogen-bond acceptors (Lipinski definition) is 3. The Morgan fingerprint density at radius 1 is 1.41 bits per heavy atom. The number of thioether (sulfide) groups is 1. The van der Waals surface area contributed by atoms with Gasteiger partial charge in [0.15, 0.2) is 5.16 Å². The average Bonchev–Trinajstić information content (AvgIpc) is 2.30. The molecule has 0 saturated carbocycles. The third kappa shape index (κ3) is 6.79. The monoisotopic (exact) mass is 254 g/mol. The Morgan fingerprint density at radius 3 is 2.76 bits per heavy atom. The van der Waals surface area contributed by atoms with Crippen molar-refractivity contribution >= 4 is 17.7 Å². The normalized spacial score (nSPS) is 11.3. The van der Waals surface area contributed by atoms with E-state index in [4.69, 9.17) is 0 Å². The van der Waals surface area contributed by atoms with Crippen molar-refractivity contribution in [1.29, 1.82) is 0 Å². The Hall–Kier alpha value is -1.29. The molecule has 2 nitrogen and oxygen atoms in total. The lowest BCUT2D eigenvalue weighted by Gasteiger charge is -2.00. The van der Waals surface area contributed by atoms with Crippen molar-refractivity contribution in [1.82, 2.24) is 0 Å². The lowest BCUT2D eigenvalue weighted by molar-refractivity contribution is -0.139. The Kier molecular flexibility index (Phi) is 6.40. The molecule has 0 atom stereocenters. The van der Waals surface area contributed by atoms with E-state index in [1.807, 2.05) is 30.3 Å². The number of rotatable bonds is 6. The maximum Gasteiger partial charge on any atom is 0.302 e. The quantitative estimate of drug-likeness (QED) is 0.728. The number of carbonyl (C=O) groups is 1. The highest BCUT2D eigenvalue weighted by Gasteiger charge is 1.98. The van der Waals surface area contributed by atoms with Gasteiger partial charge in [0.05, 0.1) is 0 Å². The van der Waals surface area contributed by atoms with Crippen LogP contribution in [0.5, 0.6) is 0 Å². The summed E-state index contributed by atoms with van der Waals surface area (Å²) in [6.07, 6.45) is 2.09. The fourth-order valence-electron chi connectivity index (χ4n) is 1.19. The van der Waals surface area contributed by atoms with E-state index in [2.05, 4.69) is 4.74 Å². The lowest BCUT2D eigenvalue weighted by Crippen LogP contribution is -1.97. The first kappa shape index (κ1) is 13.8. The van der Waals surface area contributed by atoms with Gasteiger partial charge in [-0.15, -0.1) is 0 Å². The number of halogens is 1. The number of ether oxygens (including phenoxy) is 1. The number of benzene rings is 1. The molecule has 0 N–H and O–H groups in total. The Morgan fingerprint density at radius 2 is 2.12 bits per heavy atom. The van der Waals surface area contributed by atoms with Crippen molar-refractivity contribution in [2.24, 2.45) is 0 Å². The van der Waals surface area contributed by atoms with Crippen LogP contribution in [0.4, 0.5) is 4.39 Å². The maximum atomic E-state index is 13.2. The predicted molar refractivity (Wildman–Crippen MR) is 68.4 cm³/mol. The van der Waals surface area contributed by atoms with Gasteiger partial charge in [0.2, 0.25) is 0 Å². The van der Waals surface area contributed by atoms with Crippen LogP contribution in [0.2, 0.25) is 0 Å². The zero-order valence-electron chi connectivity index (χ0n) is 9.69. The molecule has 0 spiro atoms. The topological polar surface area (TPSA) is 26.3 Å². The van der Waals surface area contributed by atoms with E-state index in [-0.39, 0.29) is 11.8 Å². The van der Waals surface area contributed by atoms with E-state index >= 15 is 0 Å². The van der Waals surface area contributed by atoms with Gasteiger partial charge in [-0.2, -0.15) is 4.39 Å². The van der Waals surface area contributed by atoms with Crippen molar-refractivity contribution in [3.05, 3.63) is 47.1 Å². The van der Waals surface area contributed by atoms with E-state index < -0.39 is 5.97 Å². The minimum atomic E-state index is -0.400. The molecule has 0 aliphatic heterocycles. The molecule has 0 aliphatic carbocycles.